The summed E-state index contributed by atoms with van der Waals surface area (Å²) in [4.78, 5) is 34.3. The zero-order chi connectivity index (χ0) is 48.8. The number of rotatable bonds is 2. The Morgan fingerprint density at radius 2 is 0.682 bits per heavy atom. The van der Waals surface area contributed by atoms with Crippen molar-refractivity contribution < 1.29 is 39.5 Å². The molecule has 2 atom stereocenters. The first-order valence-electron chi connectivity index (χ1n) is 22.3. The SMILES string of the molecule is COC(=O)[C@H]1CSSC[C@H](C(=O)OC)N2Cc3cc(C(C)(C)C)cc(c3O)Sc3cc(C(C)(C)C)cc(c3O)CN1Cc1cc(C(C)(C)C)cc(c1O)Sc1cc(C(C)(C)C)cc(c1O)C2. The Labute approximate surface area is 408 Å². The summed E-state index contributed by atoms with van der Waals surface area (Å²) in [7, 11) is 5.55. The third-order valence-electron chi connectivity index (χ3n) is 12.4. The normalized spacial score (nSPS) is 20.0. The first-order valence-corrected chi connectivity index (χ1v) is 26.4. The van der Waals surface area contributed by atoms with Crippen LogP contribution in [0.1, 0.15) is 128 Å². The largest absolute Gasteiger partial charge is 0.506 e. The summed E-state index contributed by atoms with van der Waals surface area (Å²) in [6, 6.07) is 14.0. The number of nitrogens with zero attached hydrogens (tertiary/aromatic N) is 2. The minimum Gasteiger partial charge on any atom is -0.506 e. The molecule has 66 heavy (non-hydrogen) atoms. The number of carbonyl (C=O) groups excluding carboxylic acids is 2. The van der Waals surface area contributed by atoms with Gasteiger partial charge >= 0.3 is 11.9 Å². The Hall–Kier alpha value is -3.66. The summed E-state index contributed by atoms with van der Waals surface area (Å²) in [5.74, 6) is -0.429. The van der Waals surface area contributed by atoms with Crippen LogP contribution in [-0.2, 0) is 66.9 Å². The molecule has 2 aliphatic rings. The molecule has 0 aliphatic carbocycles. The van der Waals surface area contributed by atoms with Crippen molar-refractivity contribution in [3.8, 4) is 23.0 Å². The molecule has 2 heterocycles. The molecule has 2 aliphatic heterocycles. The van der Waals surface area contributed by atoms with Gasteiger partial charge in [0.2, 0.25) is 0 Å². The fourth-order valence-electron chi connectivity index (χ4n) is 7.99. The average Bonchev–Trinajstić information content (AvgIpc) is 3.21. The molecule has 0 spiro atoms. The van der Waals surface area contributed by atoms with Crippen molar-refractivity contribution in [2.24, 2.45) is 0 Å². The van der Waals surface area contributed by atoms with Gasteiger partial charge in [0, 0.05) is 59.9 Å². The van der Waals surface area contributed by atoms with Crippen LogP contribution in [0.4, 0.5) is 0 Å². The van der Waals surface area contributed by atoms with Crippen LogP contribution in [0.5, 0.6) is 23.0 Å². The minimum atomic E-state index is -0.865. The highest BCUT2D eigenvalue weighted by molar-refractivity contribution is 8.76. The van der Waals surface area contributed by atoms with Gasteiger partial charge < -0.3 is 29.9 Å². The van der Waals surface area contributed by atoms with Crippen molar-refractivity contribution in [3.05, 3.63) is 93.0 Å². The predicted molar refractivity (Wildman–Crippen MR) is 270 cm³/mol. The molecule has 0 amide bonds. The van der Waals surface area contributed by atoms with Gasteiger partial charge in [-0.15, -0.1) is 0 Å². The average molecular weight is 977 g/mol. The highest BCUT2D eigenvalue weighted by Gasteiger charge is 2.35. The molecular formula is C52H68N2O8S4. The summed E-state index contributed by atoms with van der Waals surface area (Å²) in [6.07, 6.45) is 0. The summed E-state index contributed by atoms with van der Waals surface area (Å²) in [5, 5.41) is 49.7. The van der Waals surface area contributed by atoms with Gasteiger partial charge in [0.1, 0.15) is 35.1 Å². The third kappa shape index (κ3) is 11.6. The van der Waals surface area contributed by atoms with Gasteiger partial charge in [-0.25, -0.2) is 0 Å². The lowest BCUT2D eigenvalue weighted by molar-refractivity contribution is -0.147. The highest BCUT2D eigenvalue weighted by Crippen LogP contribution is 2.49. The van der Waals surface area contributed by atoms with Crippen LogP contribution in [0.3, 0.4) is 0 Å². The van der Waals surface area contributed by atoms with Crippen LogP contribution in [0.2, 0.25) is 0 Å². The number of aromatic hydroxyl groups is 4. The third-order valence-corrected chi connectivity index (χ3v) is 16.9. The molecule has 4 N–H and O–H groups in total. The van der Waals surface area contributed by atoms with Gasteiger partial charge in [-0.1, -0.05) is 152 Å². The van der Waals surface area contributed by atoms with Crippen molar-refractivity contribution in [2.75, 3.05) is 25.7 Å². The second kappa shape index (κ2) is 19.7. The Morgan fingerprint density at radius 1 is 0.455 bits per heavy atom. The lowest BCUT2D eigenvalue weighted by Gasteiger charge is -2.32. The van der Waals surface area contributed by atoms with Crippen LogP contribution < -0.4 is 0 Å². The zero-order valence-electron chi connectivity index (χ0n) is 41.0. The Kier molecular flexibility index (Phi) is 15.5. The summed E-state index contributed by atoms with van der Waals surface area (Å²) in [6.45, 7) is 25.6. The van der Waals surface area contributed by atoms with E-state index in [-0.39, 0.29) is 82.3 Å². The maximum atomic E-state index is 14.1. The number of benzene rings is 4. The molecule has 14 heteroatoms. The second-order valence-electron chi connectivity index (χ2n) is 21.6. The van der Waals surface area contributed by atoms with E-state index in [1.165, 1.54) is 59.3 Å². The van der Waals surface area contributed by atoms with E-state index in [2.05, 4.69) is 83.1 Å². The van der Waals surface area contributed by atoms with Crippen LogP contribution in [0.15, 0.2) is 68.1 Å². The Morgan fingerprint density at radius 3 is 0.879 bits per heavy atom. The number of phenols is 4. The topological polar surface area (TPSA) is 140 Å². The van der Waals surface area contributed by atoms with Crippen LogP contribution in [-0.4, -0.2) is 80.0 Å². The lowest BCUT2D eigenvalue weighted by atomic mass is 9.85. The molecule has 4 aromatic rings. The number of carbonyl (C=O) groups is 2. The molecule has 4 aromatic carbocycles. The van der Waals surface area contributed by atoms with Crippen molar-refractivity contribution >= 4 is 57.1 Å². The van der Waals surface area contributed by atoms with E-state index < -0.39 is 24.0 Å². The fraction of sp³-hybridized carbons (Fsp3) is 0.500. The smallest absolute Gasteiger partial charge is 0.323 e. The van der Waals surface area contributed by atoms with Crippen molar-refractivity contribution in [3.63, 3.8) is 0 Å². The first-order chi connectivity index (χ1) is 30.6. The molecule has 0 fully saturated rings. The lowest BCUT2D eigenvalue weighted by Crippen LogP contribution is -2.43. The number of methoxy groups -OCH3 is 2. The van der Waals surface area contributed by atoms with Gasteiger partial charge in [0.25, 0.3) is 0 Å². The summed E-state index contributed by atoms with van der Waals surface area (Å²) >= 11 is 2.53. The van der Waals surface area contributed by atoms with Gasteiger partial charge in [0.05, 0.1) is 33.8 Å². The molecule has 0 aromatic heterocycles. The number of ether oxygens (including phenoxy) is 2. The molecule has 10 bridgehead atoms. The predicted octanol–water partition coefficient (Wildman–Crippen LogP) is 11.8. The van der Waals surface area contributed by atoms with E-state index in [4.69, 9.17) is 9.47 Å². The Bertz CT molecular complexity index is 2170. The molecule has 0 saturated heterocycles. The second-order valence-corrected chi connectivity index (χ2v) is 26.3. The van der Waals surface area contributed by atoms with Crippen molar-refractivity contribution in [2.45, 2.75) is 163 Å². The van der Waals surface area contributed by atoms with E-state index in [0.29, 0.717) is 41.8 Å². The number of hydrogen-bond acceptors (Lipinski definition) is 14. The monoisotopic (exact) mass is 976 g/mol. The molecule has 358 valence electrons. The molecule has 10 nitrogen and oxygen atoms in total. The van der Waals surface area contributed by atoms with E-state index in [9.17, 15) is 30.0 Å². The van der Waals surface area contributed by atoms with E-state index in [0.717, 1.165) is 22.3 Å². The van der Waals surface area contributed by atoms with Crippen molar-refractivity contribution in [1.82, 2.24) is 9.80 Å². The fourth-order valence-corrected chi connectivity index (χ4v) is 12.6. The molecule has 6 rings (SSSR count). The summed E-state index contributed by atoms with van der Waals surface area (Å²) in [5.41, 5.74) is 4.64. The highest BCUT2D eigenvalue weighted by atomic mass is 33.1. The van der Waals surface area contributed by atoms with Gasteiger partial charge in [0.15, 0.2) is 0 Å². The number of phenolic OH excluding ortho intramolecular Hbond substituents is 4. The van der Waals surface area contributed by atoms with Crippen LogP contribution in [0, 0.1) is 0 Å². The van der Waals surface area contributed by atoms with Crippen LogP contribution in [0.25, 0.3) is 0 Å². The van der Waals surface area contributed by atoms with E-state index >= 15 is 0 Å². The molecule has 0 saturated carbocycles. The van der Waals surface area contributed by atoms with Crippen molar-refractivity contribution in [1.29, 1.82) is 0 Å². The molecular weight excluding hydrogens is 909 g/mol. The maximum Gasteiger partial charge on any atom is 0.323 e. The van der Waals surface area contributed by atoms with Gasteiger partial charge in [-0.05, 0) is 68.2 Å². The standard InChI is InChI=1S/C52H68N2O8S4/c1-49(2,3)33-15-29-23-53-24-30-16-35(51(7,8)9)21-41(45(30)57)66-42-22-36(52(10,11)12)18-32(46(42)58)26-54(38(48(60)62-14)28-64-63-27-37(53)47(59)61-13)25-31-17-34(50(4,5)6)20-40(44(31)56)65-39(19-33)43(29)55/h15-22,37-38,55-58H,23-28H2,1-14H3/t37-,38-/m1/s1. The van der Waals surface area contributed by atoms with Gasteiger partial charge in [-0.2, -0.15) is 0 Å². The first kappa shape index (κ1) is 51.7. The van der Waals surface area contributed by atoms with E-state index in [1.807, 2.05) is 58.3 Å². The van der Waals surface area contributed by atoms with Gasteiger partial charge in [-0.3, -0.25) is 19.4 Å². The summed E-state index contributed by atoms with van der Waals surface area (Å²) < 4.78 is 11.0. The number of hydrogen-bond donors (Lipinski definition) is 4. The molecule has 0 radical (unpaired) electrons. The zero-order valence-corrected chi connectivity index (χ0v) is 44.2. The molecule has 0 unspecified atom stereocenters. The van der Waals surface area contributed by atoms with E-state index in [1.54, 1.807) is 0 Å². The maximum absolute atomic E-state index is 14.1. The Balaban J connectivity index is 1.77. The quantitative estimate of drug-likeness (QED) is 0.112. The number of fused-ring (bicyclic) bond motifs is 15. The number of esters is 2. The van der Waals surface area contributed by atoms with Crippen LogP contribution >= 0.6 is 45.1 Å². The minimum absolute atomic E-state index is 0.0179.